The van der Waals surface area contributed by atoms with Gasteiger partial charge in [-0.2, -0.15) is 0 Å². The second-order valence-corrected chi connectivity index (χ2v) is 4.05. The van der Waals surface area contributed by atoms with E-state index < -0.39 is 0 Å². The third-order valence-electron chi connectivity index (χ3n) is 2.59. The zero-order valence-electron chi connectivity index (χ0n) is 9.18. The SMILES string of the molecule is CC(C)n1cc([N+](=O)[O-])c2cc(N)ccc21. The van der Waals surface area contributed by atoms with E-state index in [4.69, 9.17) is 5.73 Å². The molecule has 0 amide bonds. The predicted octanol–water partition coefficient (Wildman–Crippen LogP) is 2.71. The minimum Gasteiger partial charge on any atom is -0.399 e. The number of rotatable bonds is 2. The molecule has 2 aromatic rings. The predicted molar refractivity (Wildman–Crippen MR) is 63.4 cm³/mol. The van der Waals surface area contributed by atoms with Gasteiger partial charge in [-0.3, -0.25) is 10.1 Å². The summed E-state index contributed by atoms with van der Waals surface area (Å²) in [4.78, 5) is 10.5. The fourth-order valence-corrected chi connectivity index (χ4v) is 1.83. The zero-order chi connectivity index (χ0) is 11.9. The smallest absolute Gasteiger partial charge is 0.294 e. The first-order chi connectivity index (χ1) is 7.50. The lowest BCUT2D eigenvalue weighted by atomic mass is 10.2. The van der Waals surface area contributed by atoms with Crippen LogP contribution in [0, 0.1) is 10.1 Å². The molecule has 16 heavy (non-hydrogen) atoms. The molecule has 0 bridgehead atoms. The second-order valence-electron chi connectivity index (χ2n) is 4.05. The molecule has 0 aliphatic heterocycles. The molecule has 0 aliphatic carbocycles. The Bertz CT molecular complexity index is 558. The number of anilines is 1. The fourth-order valence-electron chi connectivity index (χ4n) is 1.83. The van der Waals surface area contributed by atoms with Gasteiger partial charge in [0.25, 0.3) is 5.69 Å². The topological polar surface area (TPSA) is 74.1 Å². The van der Waals surface area contributed by atoms with E-state index in [0.717, 1.165) is 5.52 Å². The quantitative estimate of drug-likeness (QED) is 0.479. The molecule has 0 spiro atoms. The molecule has 2 rings (SSSR count). The Morgan fingerprint density at radius 1 is 1.44 bits per heavy atom. The molecule has 0 aliphatic rings. The number of fused-ring (bicyclic) bond motifs is 1. The highest BCUT2D eigenvalue weighted by molar-refractivity contribution is 5.92. The van der Waals surface area contributed by atoms with Crippen LogP contribution >= 0.6 is 0 Å². The molecule has 0 fully saturated rings. The van der Waals surface area contributed by atoms with Gasteiger partial charge < -0.3 is 10.3 Å². The van der Waals surface area contributed by atoms with Gasteiger partial charge in [-0.15, -0.1) is 0 Å². The third kappa shape index (κ3) is 1.50. The summed E-state index contributed by atoms with van der Waals surface area (Å²) in [6.07, 6.45) is 1.56. The molecule has 5 heteroatoms. The van der Waals surface area contributed by atoms with Crippen LogP contribution in [0.3, 0.4) is 0 Å². The molecule has 0 atom stereocenters. The Morgan fingerprint density at radius 2 is 2.12 bits per heavy atom. The average Bonchev–Trinajstić information content (AvgIpc) is 2.56. The fraction of sp³-hybridized carbons (Fsp3) is 0.273. The minimum atomic E-state index is -0.374. The first-order valence-electron chi connectivity index (χ1n) is 5.05. The minimum absolute atomic E-state index is 0.107. The van der Waals surface area contributed by atoms with Crippen LogP contribution in [0.4, 0.5) is 11.4 Å². The molecule has 1 aromatic carbocycles. The van der Waals surface area contributed by atoms with Crippen molar-refractivity contribution >= 4 is 22.3 Å². The molecule has 0 saturated carbocycles. The van der Waals surface area contributed by atoms with Crippen LogP contribution in [0.15, 0.2) is 24.4 Å². The van der Waals surface area contributed by atoms with Crippen molar-refractivity contribution in [3.63, 3.8) is 0 Å². The van der Waals surface area contributed by atoms with Crippen LogP contribution in [-0.2, 0) is 0 Å². The summed E-state index contributed by atoms with van der Waals surface area (Å²) in [5.41, 5.74) is 7.14. The van der Waals surface area contributed by atoms with Crippen LogP contribution in [0.25, 0.3) is 10.9 Å². The number of nitrogens with zero attached hydrogens (tertiary/aromatic N) is 2. The molecule has 5 nitrogen and oxygen atoms in total. The van der Waals surface area contributed by atoms with Crippen molar-refractivity contribution in [2.24, 2.45) is 0 Å². The first-order valence-corrected chi connectivity index (χ1v) is 5.05. The van der Waals surface area contributed by atoms with Gasteiger partial charge in [-0.25, -0.2) is 0 Å². The average molecular weight is 219 g/mol. The van der Waals surface area contributed by atoms with Gasteiger partial charge in [0, 0.05) is 11.7 Å². The van der Waals surface area contributed by atoms with E-state index in [1.807, 2.05) is 24.5 Å². The van der Waals surface area contributed by atoms with E-state index in [-0.39, 0.29) is 16.7 Å². The van der Waals surface area contributed by atoms with Gasteiger partial charge in [-0.1, -0.05) is 0 Å². The summed E-state index contributed by atoms with van der Waals surface area (Å²) in [6.45, 7) is 3.97. The van der Waals surface area contributed by atoms with E-state index in [2.05, 4.69) is 0 Å². The normalized spacial score (nSPS) is 11.2. The van der Waals surface area contributed by atoms with Gasteiger partial charge in [0.05, 0.1) is 22.0 Å². The number of aromatic nitrogens is 1. The Morgan fingerprint density at radius 3 is 2.69 bits per heavy atom. The van der Waals surface area contributed by atoms with Crippen molar-refractivity contribution in [2.45, 2.75) is 19.9 Å². The van der Waals surface area contributed by atoms with E-state index in [0.29, 0.717) is 11.1 Å². The summed E-state index contributed by atoms with van der Waals surface area (Å²) in [6, 6.07) is 5.40. The number of nitro groups is 1. The van der Waals surface area contributed by atoms with Crippen LogP contribution < -0.4 is 5.73 Å². The van der Waals surface area contributed by atoms with Gasteiger partial charge >= 0.3 is 0 Å². The summed E-state index contributed by atoms with van der Waals surface area (Å²) in [5.74, 6) is 0. The number of benzene rings is 1. The number of hydrogen-bond acceptors (Lipinski definition) is 3. The van der Waals surface area contributed by atoms with Crippen molar-refractivity contribution in [1.29, 1.82) is 0 Å². The molecule has 1 heterocycles. The van der Waals surface area contributed by atoms with Crippen LogP contribution in [-0.4, -0.2) is 9.49 Å². The van der Waals surface area contributed by atoms with Gasteiger partial charge in [0.1, 0.15) is 0 Å². The molecule has 0 radical (unpaired) electrons. The van der Waals surface area contributed by atoms with E-state index in [1.165, 1.54) is 0 Å². The van der Waals surface area contributed by atoms with E-state index in [9.17, 15) is 10.1 Å². The molecule has 0 unspecified atom stereocenters. The summed E-state index contributed by atoms with van der Waals surface area (Å²) in [7, 11) is 0. The molecule has 2 N–H and O–H groups in total. The van der Waals surface area contributed by atoms with Crippen LogP contribution in [0.1, 0.15) is 19.9 Å². The van der Waals surface area contributed by atoms with Crippen molar-refractivity contribution in [2.75, 3.05) is 5.73 Å². The summed E-state index contributed by atoms with van der Waals surface area (Å²) < 4.78 is 1.88. The van der Waals surface area contributed by atoms with Crippen molar-refractivity contribution in [1.82, 2.24) is 4.57 Å². The molecular weight excluding hydrogens is 206 g/mol. The maximum Gasteiger partial charge on any atom is 0.294 e. The second kappa shape index (κ2) is 3.52. The Hall–Kier alpha value is -2.04. The highest BCUT2D eigenvalue weighted by atomic mass is 16.6. The highest BCUT2D eigenvalue weighted by Crippen LogP contribution is 2.31. The molecular formula is C11H13N3O2. The maximum absolute atomic E-state index is 10.9. The highest BCUT2D eigenvalue weighted by Gasteiger charge is 2.18. The monoisotopic (exact) mass is 219 g/mol. The lowest BCUT2D eigenvalue weighted by Gasteiger charge is -2.07. The van der Waals surface area contributed by atoms with E-state index >= 15 is 0 Å². The van der Waals surface area contributed by atoms with Gasteiger partial charge in [0.15, 0.2) is 0 Å². The standard InChI is InChI=1S/C11H13N3O2/c1-7(2)13-6-11(14(15)16)9-5-8(12)3-4-10(9)13/h3-7H,12H2,1-2H3. The molecule has 1 aromatic heterocycles. The van der Waals surface area contributed by atoms with Gasteiger partial charge in [0.2, 0.25) is 0 Å². The molecule has 0 saturated heterocycles. The van der Waals surface area contributed by atoms with Crippen molar-refractivity contribution in [3.05, 3.63) is 34.5 Å². The lowest BCUT2D eigenvalue weighted by molar-refractivity contribution is -0.383. The van der Waals surface area contributed by atoms with Crippen LogP contribution in [0.5, 0.6) is 0 Å². The third-order valence-corrected chi connectivity index (χ3v) is 2.59. The largest absolute Gasteiger partial charge is 0.399 e. The Labute approximate surface area is 92.6 Å². The Kier molecular flexibility index (Phi) is 2.30. The number of nitrogens with two attached hydrogens (primary N) is 1. The lowest BCUT2D eigenvalue weighted by Crippen LogP contribution is -1.98. The summed E-state index contributed by atoms with van der Waals surface area (Å²) >= 11 is 0. The first kappa shape index (κ1) is 10.5. The maximum atomic E-state index is 10.9. The number of hydrogen-bond donors (Lipinski definition) is 1. The van der Waals surface area contributed by atoms with Crippen molar-refractivity contribution < 1.29 is 4.92 Å². The zero-order valence-corrected chi connectivity index (χ0v) is 9.18. The summed E-state index contributed by atoms with van der Waals surface area (Å²) in [5, 5.41) is 11.5. The number of nitrogen functional groups attached to an aromatic ring is 1. The van der Waals surface area contributed by atoms with E-state index in [1.54, 1.807) is 18.3 Å². The Balaban J connectivity index is 2.81. The van der Waals surface area contributed by atoms with Crippen LogP contribution in [0.2, 0.25) is 0 Å². The molecule has 84 valence electrons. The van der Waals surface area contributed by atoms with Crippen molar-refractivity contribution in [3.8, 4) is 0 Å². The van der Waals surface area contributed by atoms with Gasteiger partial charge in [-0.05, 0) is 32.0 Å².